The third-order valence-electron chi connectivity index (χ3n) is 3.69. The highest BCUT2D eigenvalue weighted by Gasteiger charge is 2.33. The van der Waals surface area contributed by atoms with E-state index in [1.165, 1.54) is 0 Å². The molecule has 0 bridgehead atoms. The average Bonchev–Trinajstić information content (AvgIpc) is 3.09. The Kier molecular flexibility index (Phi) is 3.65. The van der Waals surface area contributed by atoms with E-state index in [1.54, 1.807) is 0 Å². The molecular formula is C14H22N2O. The molecule has 1 heterocycles. The van der Waals surface area contributed by atoms with Crippen LogP contribution in [0.25, 0.3) is 0 Å². The van der Waals surface area contributed by atoms with Gasteiger partial charge in [0.05, 0.1) is 0 Å². The van der Waals surface area contributed by atoms with Crippen LogP contribution < -0.4 is 0 Å². The number of rotatable bonds is 4. The zero-order valence-corrected chi connectivity index (χ0v) is 11.1. The van der Waals surface area contributed by atoms with Crippen LogP contribution in [-0.4, -0.2) is 30.1 Å². The lowest BCUT2D eigenvalue weighted by Crippen LogP contribution is -2.20. The summed E-state index contributed by atoms with van der Waals surface area (Å²) in [5.41, 5.74) is 1.88. The highest BCUT2D eigenvalue weighted by Crippen LogP contribution is 2.34. The smallest absolute Gasteiger partial charge is 0.184 e. The number of Topliss-reactive ketones (excluding diaryl/α,β-unsaturated/α-hetero) is 1. The van der Waals surface area contributed by atoms with Gasteiger partial charge in [0.15, 0.2) is 5.78 Å². The molecule has 0 amide bonds. The molecule has 3 heteroatoms. The van der Waals surface area contributed by atoms with Gasteiger partial charge in [-0.3, -0.25) is 4.79 Å². The minimum atomic E-state index is 0.266. The molecule has 0 aromatic rings. The van der Waals surface area contributed by atoms with E-state index >= 15 is 0 Å². The van der Waals surface area contributed by atoms with E-state index in [0.29, 0.717) is 0 Å². The second-order valence-corrected chi connectivity index (χ2v) is 5.17. The molecule has 94 valence electrons. The van der Waals surface area contributed by atoms with Crippen LogP contribution in [0.2, 0.25) is 0 Å². The fourth-order valence-corrected chi connectivity index (χ4v) is 2.13. The first-order chi connectivity index (χ1) is 8.13. The van der Waals surface area contributed by atoms with Gasteiger partial charge in [-0.1, -0.05) is 6.92 Å². The predicted molar refractivity (Wildman–Crippen MR) is 70.0 cm³/mol. The summed E-state index contributed by atoms with van der Waals surface area (Å²) < 4.78 is 0. The largest absolute Gasteiger partial charge is 0.363 e. The standard InChI is InChI=1S/C14H22N2O/c1-4-10(2)13(14(17)11-7-8-11)15-12-6-5-9-16(12)3/h11H,4-9H2,1-3H3/b13-10-,15-12?. The van der Waals surface area contributed by atoms with Gasteiger partial charge in [-0.15, -0.1) is 0 Å². The Morgan fingerprint density at radius 2 is 2.18 bits per heavy atom. The van der Waals surface area contributed by atoms with Crippen molar-refractivity contribution in [3.63, 3.8) is 0 Å². The zero-order valence-electron chi connectivity index (χ0n) is 11.1. The van der Waals surface area contributed by atoms with Crippen molar-refractivity contribution >= 4 is 11.6 Å². The van der Waals surface area contributed by atoms with Crippen LogP contribution >= 0.6 is 0 Å². The molecule has 17 heavy (non-hydrogen) atoms. The van der Waals surface area contributed by atoms with Crippen molar-refractivity contribution in [1.82, 2.24) is 4.90 Å². The lowest BCUT2D eigenvalue weighted by Gasteiger charge is -2.13. The van der Waals surface area contributed by atoms with Crippen LogP contribution in [0.15, 0.2) is 16.3 Å². The summed E-state index contributed by atoms with van der Waals surface area (Å²) in [6.45, 7) is 5.19. The van der Waals surface area contributed by atoms with E-state index in [9.17, 15) is 4.79 Å². The number of likely N-dealkylation sites (tertiary alicyclic amines) is 1. The number of carbonyl (C=O) groups is 1. The summed E-state index contributed by atoms with van der Waals surface area (Å²) in [5, 5.41) is 0. The Hall–Kier alpha value is -1.12. The van der Waals surface area contributed by atoms with Crippen LogP contribution in [0.5, 0.6) is 0 Å². The van der Waals surface area contributed by atoms with Crippen molar-refractivity contribution in [3.05, 3.63) is 11.3 Å². The summed E-state index contributed by atoms with van der Waals surface area (Å²) in [6.07, 6.45) is 5.19. The number of nitrogens with zero attached hydrogens (tertiary/aromatic N) is 2. The van der Waals surface area contributed by atoms with Crippen LogP contribution in [0.3, 0.4) is 0 Å². The molecule has 2 fully saturated rings. The van der Waals surface area contributed by atoms with E-state index in [1.807, 2.05) is 6.92 Å². The molecule has 0 N–H and O–H groups in total. The molecule has 2 rings (SSSR count). The summed E-state index contributed by atoms with van der Waals surface area (Å²) in [5.74, 6) is 1.63. The fraction of sp³-hybridized carbons (Fsp3) is 0.714. The Labute approximate surface area is 104 Å². The number of hydrogen-bond acceptors (Lipinski definition) is 2. The van der Waals surface area contributed by atoms with E-state index in [2.05, 4.69) is 23.9 Å². The normalized spacial score (nSPS) is 24.2. The van der Waals surface area contributed by atoms with Gasteiger partial charge in [0.1, 0.15) is 11.5 Å². The first-order valence-corrected chi connectivity index (χ1v) is 6.66. The number of aliphatic imine (C=N–C) groups is 1. The quantitative estimate of drug-likeness (QED) is 0.701. The minimum absolute atomic E-state index is 0.266. The minimum Gasteiger partial charge on any atom is -0.363 e. The monoisotopic (exact) mass is 234 g/mol. The average molecular weight is 234 g/mol. The van der Waals surface area contributed by atoms with Crippen molar-refractivity contribution < 1.29 is 4.79 Å². The van der Waals surface area contributed by atoms with Crippen LogP contribution in [0, 0.1) is 5.92 Å². The Balaban J connectivity index is 2.24. The van der Waals surface area contributed by atoms with Crippen LogP contribution in [0.4, 0.5) is 0 Å². The molecule has 0 unspecified atom stereocenters. The highest BCUT2D eigenvalue weighted by atomic mass is 16.1. The first-order valence-electron chi connectivity index (χ1n) is 6.66. The number of allylic oxidation sites excluding steroid dienone is 2. The van der Waals surface area contributed by atoms with Crippen molar-refractivity contribution in [2.75, 3.05) is 13.6 Å². The highest BCUT2D eigenvalue weighted by molar-refractivity contribution is 6.01. The van der Waals surface area contributed by atoms with Gasteiger partial charge in [-0.25, -0.2) is 4.99 Å². The number of hydrogen-bond donors (Lipinski definition) is 0. The molecule has 1 aliphatic carbocycles. The molecule has 0 aromatic carbocycles. The van der Waals surface area contributed by atoms with Gasteiger partial charge in [0, 0.05) is 25.9 Å². The maximum absolute atomic E-state index is 12.2. The Morgan fingerprint density at radius 1 is 1.47 bits per heavy atom. The van der Waals surface area contributed by atoms with E-state index in [0.717, 1.165) is 55.8 Å². The van der Waals surface area contributed by atoms with Crippen LogP contribution in [0.1, 0.15) is 46.0 Å². The van der Waals surface area contributed by atoms with Crippen LogP contribution in [-0.2, 0) is 4.79 Å². The van der Waals surface area contributed by atoms with Gasteiger partial charge >= 0.3 is 0 Å². The topological polar surface area (TPSA) is 32.7 Å². The maximum Gasteiger partial charge on any atom is 0.184 e. The fourth-order valence-electron chi connectivity index (χ4n) is 2.13. The second-order valence-electron chi connectivity index (χ2n) is 5.17. The van der Waals surface area contributed by atoms with Crippen molar-refractivity contribution in [1.29, 1.82) is 0 Å². The maximum atomic E-state index is 12.2. The SMILES string of the molecule is CC/C(C)=C(\N=C1CCCN1C)C(=O)C1CC1. The predicted octanol–water partition coefficient (Wildman–Crippen LogP) is 2.77. The van der Waals surface area contributed by atoms with Gasteiger partial charge in [0.2, 0.25) is 0 Å². The van der Waals surface area contributed by atoms with E-state index in [-0.39, 0.29) is 11.7 Å². The zero-order chi connectivity index (χ0) is 12.4. The molecule has 3 nitrogen and oxygen atoms in total. The molecule has 0 radical (unpaired) electrons. The molecule has 0 atom stereocenters. The Morgan fingerprint density at radius 3 is 2.65 bits per heavy atom. The molecule has 2 aliphatic rings. The number of amidine groups is 1. The molecule has 1 saturated heterocycles. The third-order valence-corrected chi connectivity index (χ3v) is 3.69. The van der Waals surface area contributed by atoms with Crippen molar-refractivity contribution in [2.45, 2.75) is 46.0 Å². The van der Waals surface area contributed by atoms with Gasteiger partial charge in [-0.05, 0) is 38.2 Å². The summed E-state index contributed by atoms with van der Waals surface area (Å²) in [4.78, 5) is 19.0. The van der Waals surface area contributed by atoms with Gasteiger partial charge < -0.3 is 4.90 Å². The molecule has 0 spiro atoms. The van der Waals surface area contributed by atoms with Crippen molar-refractivity contribution in [3.8, 4) is 0 Å². The summed E-state index contributed by atoms with van der Waals surface area (Å²) in [7, 11) is 2.06. The van der Waals surface area contributed by atoms with Gasteiger partial charge in [0.25, 0.3) is 0 Å². The van der Waals surface area contributed by atoms with Crippen molar-refractivity contribution in [2.24, 2.45) is 10.9 Å². The first kappa shape index (κ1) is 12.3. The molecular weight excluding hydrogens is 212 g/mol. The molecule has 1 saturated carbocycles. The third kappa shape index (κ3) is 2.76. The second kappa shape index (κ2) is 5.03. The molecule has 1 aliphatic heterocycles. The number of ketones is 1. The summed E-state index contributed by atoms with van der Waals surface area (Å²) in [6, 6.07) is 0. The Bertz CT molecular complexity index is 378. The summed E-state index contributed by atoms with van der Waals surface area (Å²) >= 11 is 0. The lowest BCUT2D eigenvalue weighted by atomic mass is 10.1. The lowest BCUT2D eigenvalue weighted by molar-refractivity contribution is -0.116. The van der Waals surface area contributed by atoms with E-state index in [4.69, 9.17) is 0 Å². The number of carbonyl (C=O) groups excluding carboxylic acids is 1. The van der Waals surface area contributed by atoms with E-state index < -0.39 is 0 Å². The molecule has 0 aromatic heterocycles. The van der Waals surface area contributed by atoms with Gasteiger partial charge in [-0.2, -0.15) is 0 Å².